The number of amides is 1. The second-order valence-electron chi connectivity index (χ2n) is 5.64. The van der Waals surface area contributed by atoms with Crippen molar-refractivity contribution in [3.05, 3.63) is 47.5 Å². The predicted octanol–water partition coefficient (Wildman–Crippen LogP) is 4.76. The first-order valence-corrected chi connectivity index (χ1v) is 7.88. The van der Waals surface area contributed by atoms with Crippen LogP contribution in [0, 0.1) is 0 Å². The van der Waals surface area contributed by atoms with Gasteiger partial charge in [-0.3, -0.25) is 4.79 Å². The van der Waals surface area contributed by atoms with Crippen molar-refractivity contribution in [1.29, 1.82) is 0 Å². The van der Waals surface area contributed by atoms with Crippen LogP contribution < -0.4 is 19.5 Å². The first-order valence-electron chi connectivity index (χ1n) is 7.88. The molecular formula is C18H15F6NO4. The average molecular weight is 423 g/mol. The molecule has 0 saturated carbocycles. The molecule has 0 aliphatic heterocycles. The first-order chi connectivity index (χ1) is 13.4. The minimum atomic E-state index is -5.02. The molecule has 0 saturated heterocycles. The number of methoxy groups -OCH3 is 2. The van der Waals surface area contributed by atoms with E-state index in [-0.39, 0.29) is 17.5 Å². The van der Waals surface area contributed by atoms with Crippen molar-refractivity contribution in [2.75, 3.05) is 26.1 Å². The van der Waals surface area contributed by atoms with Crippen LogP contribution in [0.4, 0.5) is 32.0 Å². The van der Waals surface area contributed by atoms with Crippen molar-refractivity contribution in [3.63, 3.8) is 0 Å². The maximum absolute atomic E-state index is 12.8. The number of carbonyl (C=O) groups excluding carboxylic acids is 1. The summed E-state index contributed by atoms with van der Waals surface area (Å²) in [6, 6.07) is 5.17. The van der Waals surface area contributed by atoms with E-state index in [1.807, 2.05) is 0 Å². The highest BCUT2D eigenvalue weighted by molar-refractivity contribution is 5.93. The quantitative estimate of drug-likeness (QED) is 0.681. The third-order valence-corrected chi connectivity index (χ3v) is 3.61. The summed E-state index contributed by atoms with van der Waals surface area (Å²) >= 11 is 0. The van der Waals surface area contributed by atoms with E-state index in [0.29, 0.717) is 17.9 Å². The number of halogens is 6. The number of carbonyl (C=O) groups is 1. The van der Waals surface area contributed by atoms with Gasteiger partial charge in [0.1, 0.15) is 17.2 Å². The van der Waals surface area contributed by atoms with Gasteiger partial charge >= 0.3 is 12.4 Å². The van der Waals surface area contributed by atoms with Crippen LogP contribution >= 0.6 is 0 Å². The molecule has 11 heteroatoms. The Morgan fingerprint density at radius 2 is 1.45 bits per heavy atom. The fourth-order valence-electron chi connectivity index (χ4n) is 2.25. The molecule has 0 heterocycles. The molecule has 0 unspecified atom stereocenters. The molecule has 0 radical (unpaired) electrons. The molecule has 2 aromatic rings. The summed E-state index contributed by atoms with van der Waals surface area (Å²) in [5.41, 5.74) is -2.87. The molecular weight excluding hydrogens is 408 g/mol. The Kier molecular flexibility index (Phi) is 6.50. The maximum Gasteiger partial charge on any atom is 0.416 e. The molecule has 2 rings (SSSR count). The molecule has 29 heavy (non-hydrogen) atoms. The van der Waals surface area contributed by atoms with Crippen LogP contribution in [0.25, 0.3) is 0 Å². The third-order valence-electron chi connectivity index (χ3n) is 3.61. The van der Waals surface area contributed by atoms with Gasteiger partial charge in [-0.2, -0.15) is 26.3 Å². The van der Waals surface area contributed by atoms with E-state index >= 15 is 0 Å². The lowest BCUT2D eigenvalue weighted by molar-refractivity contribution is -0.143. The highest BCUT2D eigenvalue weighted by atomic mass is 19.4. The van der Waals surface area contributed by atoms with E-state index in [2.05, 4.69) is 5.32 Å². The van der Waals surface area contributed by atoms with Crippen molar-refractivity contribution in [3.8, 4) is 17.2 Å². The molecule has 5 nitrogen and oxygen atoms in total. The van der Waals surface area contributed by atoms with Crippen molar-refractivity contribution >= 4 is 11.6 Å². The lowest BCUT2D eigenvalue weighted by Crippen LogP contribution is -2.21. The zero-order valence-corrected chi connectivity index (χ0v) is 15.1. The van der Waals surface area contributed by atoms with Crippen LogP contribution in [-0.4, -0.2) is 26.7 Å². The van der Waals surface area contributed by atoms with Crippen molar-refractivity contribution in [2.24, 2.45) is 0 Å². The number of hydrogen-bond donors (Lipinski definition) is 1. The highest BCUT2D eigenvalue weighted by Gasteiger charge is 2.37. The molecule has 0 spiro atoms. The average Bonchev–Trinajstić information content (AvgIpc) is 2.65. The van der Waals surface area contributed by atoms with Crippen LogP contribution in [0.2, 0.25) is 0 Å². The van der Waals surface area contributed by atoms with E-state index < -0.39 is 41.7 Å². The van der Waals surface area contributed by atoms with Crippen molar-refractivity contribution in [2.45, 2.75) is 12.4 Å². The van der Waals surface area contributed by atoms with Gasteiger partial charge in [0.2, 0.25) is 0 Å². The summed E-state index contributed by atoms with van der Waals surface area (Å²) in [4.78, 5) is 12.0. The van der Waals surface area contributed by atoms with Crippen LogP contribution in [0.1, 0.15) is 11.1 Å². The van der Waals surface area contributed by atoms with Gasteiger partial charge in [-0.25, -0.2) is 0 Å². The summed E-state index contributed by atoms with van der Waals surface area (Å²) in [5, 5.41) is 2.38. The Morgan fingerprint density at radius 1 is 0.862 bits per heavy atom. The van der Waals surface area contributed by atoms with Gasteiger partial charge in [-0.05, 0) is 30.3 Å². The zero-order chi connectivity index (χ0) is 21.8. The molecule has 158 valence electrons. The number of nitrogens with one attached hydrogen (secondary N) is 1. The van der Waals surface area contributed by atoms with Gasteiger partial charge in [0, 0.05) is 6.07 Å². The Balaban J connectivity index is 2.16. The third kappa shape index (κ3) is 5.93. The zero-order valence-electron chi connectivity index (χ0n) is 15.1. The fourth-order valence-corrected chi connectivity index (χ4v) is 2.25. The van der Waals surface area contributed by atoms with Gasteiger partial charge in [0.25, 0.3) is 5.91 Å². The van der Waals surface area contributed by atoms with E-state index in [0.717, 1.165) is 0 Å². The molecule has 0 aliphatic carbocycles. The number of ether oxygens (including phenoxy) is 3. The summed E-state index contributed by atoms with van der Waals surface area (Å²) < 4.78 is 92.0. The normalized spacial score (nSPS) is 11.7. The second-order valence-corrected chi connectivity index (χ2v) is 5.64. The van der Waals surface area contributed by atoms with Gasteiger partial charge in [-0.15, -0.1) is 0 Å². The smallest absolute Gasteiger partial charge is 0.416 e. The molecule has 1 amide bonds. The molecule has 0 aromatic heterocycles. The summed E-state index contributed by atoms with van der Waals surface area (Å²) in [6.45, 7) is -0.826. The summed E-state index contributed by atoms with van der Waals surface area (Å²) in [5.74, 6) is -0.890. The van der Waals surface area contributed by atoms with Gasteiger partial charge in [-0.1, -0.05) is 0 Å². The van der Waals surface area contributed by atoms with E-state index in [4.69, 9.17) is 14.2 Å². The Hall–Kier alpha value is -3.11. The lowest BCUT2D eigenvalue weighted by Gasteiger charge is -2.15. The van der Waals surface area contributed by atoms with Gasteiger partial charge in [0.05, 0.1) is 31.0 Å². The summed E-state index contributed by atoms with van der Waals surface area (Å²) in [6.07, 6.45) is -10.0. The van der Waals surface area contributed by atoms with Crippen molar-refractivity contribution in [1.82, 2.24) is 0 Å². The molecule has 0 aliphatic rings. The SMILES string of the molecule is COc1ccc(NC(=O)COc2cc(C(F)(F)F)cc(C(F)(F)F)c2)c(OC)c1. The number of alkyl halides is 6. The standard InChI is InChI=1S/C18H15F6NO4/c1-27-12-3-4-14(15(8-12)28-2)25-16(26)9-29-13-6-10(17(19,20)21)5-11(7-13)18(22,23)24/h3-8H,9H2,1-2H3,(H,25,26). The highest BCUT2D eigenvalue weighted by Crippen LogP contribution is 2.38. The largest absolute Gasteiger partial charge is 0.497 e. The monoisotopic (exact) mass is 423 g/mol. The Bertz CT molecular complexity index is 847. The molecule has 2 aromatic carbocycles. The van der Waals surface area contributed by atoms with Crippen LogP contribution in [0.3, 0.4) is 0 Å². The van der Waals surface area contributed by atoms with E-state index in [1.165, 1.54) is 32.4 Å². The summed E-state index contributed by atoms with van der Waals surface area (Å²) in [7, 11) is 2.76. The molecule has 1 N–H and O–H groups in total. The Labute approximate surface area is 161 Å². The lowest BCUT2D eigenvalue weighted by atomic mass is 10.1. The minimum absolute atomic E-state index is 0.0326. The number of hydrogen-bond acceptors (Lipinski definition) is 4. The van der Waals surface area contributed by atoms with Crippen LogP contribution in [0.5, 0.6) is 17.2 Å². The molecule has 0 bridgehead atoms. The van der Waals surface area contributed by atoms with E-state index in [9.17, 15) is 31.1 Å². The van der Waals surface area contributed by atoms with Crippen LogP contribution in [-0.2, 0) is 17.1 Å². The second kappa shape index (κ2) is 8.50. The maximum atomic E-state index is 12.8. The predicted molar refractivity (Wildman–Crippen MR) is 90.1 cm³/mol. The molecule has 0 atom stereocenters. The number of benzene rings is 2. The fraction of sp³-hybridized carbons (Fsp3) is 0.278. The van der Waals surface area contributed by atoms with Crippen molar-refractivity contribution < 1.29 is 45.3 Å². The number of anilines is 1. The van der Waals surface area contributed by atoms with Crippen LogP contribution in [0.15, 0.2) is 36.4 Å². The van der Waals surface area contributed by atoms with Gasteiger partial charge < -0.3 is 19.5 Å². The molecule has 0 fully saturated rings. The minimum Gasteiger partial charge on any atom is -0.497 e. The topological polar surface area (TPSA) is 56.8 Å². The number of rotatable bonds is 6. The first kappa shape index (κ1) is 22.2. The van der Waals surface area contributed by atoms with E-state index in [1.54, 1.807) is 0 Å². The van der Waals surface area contributed by atoms with Gasteiger partial charge in [0.15, 0.2) is 6.61 Å². The Morgan fingerprint density at radius 3 is 1.93 bits per heavy atom.